The van der Waals surface area contributed by atoms with E-state index in [2.05, 4.69) is 15.6 Å². The van der Waals surface area contributed by atoms with Crippen LogP contribution in [0.2, 0.25) is 10.0 Å². The van der Waals surface area contributed by atoms with E-state index in [9.17, 15) is 14.9 Å². The fraction of sp³-hybridized carbons (Fsp3) is 0.0909. The summed E-state index contributed by atoms with van der Waals surface area (Å²) in [7, 11) is 0. The fourth-order valence-corrected chi connectivity index (χ4v) is 2.34. The molecule has 0 radical (unpaired) electrons. The smallest absolute Gasteiger partial charge is 0.303 e. The van der Waals surface area contributed by atoms with Crippen LogP contribution in [0.4, 0.5) is 11.4 Å². The summed E-state index contributed by atoms with van der Waals surface area (Å²) in [5.74, 6) is -0.614. The molecule has 0 aliphatic carbocycles. The number of carbonyl (C=O) groups is 1. The maximum Gasteiger partial charge on any atom is 0.303 e. The van der Waals surface area contributed by atoms with Gasteiger partial charge in [-0.2, -0.15) is 15.2 Å². The summed E-state index contributed by atoms with van der Waals surface area (Å²) in [6.45, 7) is 1.54. The van der Waals surface area contributed by atoms with Gasteiger partial charge in [0, 0.05) is 12.1 Å². The van der Waals surface area contributed by atoms with E-state index in [0.29, 0.717) is 0 Å². The summed E-state index contributed by atoms with van der Waals surface area (Å²) in [5, 5.41) is 19.0. The number of hydrogen-bond acceptors (Lipinski definition) is 7. The maximum absolute atomic E-state index is 12.0. The molecule has 1 heterocycles. The lowest BCUT2D eigenvalue weighted by molar-refractivity contribution is -0.384. The average molecular weight is 375 g/mol. The monoisotopic (exact) mass is 374 g/mol. The minimum atomic E-state index is -0.634. The molecule has 1 aliphatic heterocycles. The highest BCUT2D eigenvalue weighted by atomic mass is 35.5. The van der Waals surface area contributed by atoms with Crippen molar-refractivity contribution in [3.05, 3.63) is 32.3 Å². The molecule has 0 bridgehead atoms. The number of hydrogen-bond donors (Lipinski definition) is 2. The van der Waals surface area contributed by atoms with Crippen molar-refractivity contribution in [2.24, 2.45) is 15.9 Å². The molecule has 9 nitrogen and oxygen atoms in total. The number of halogens is 2. The third kappa shape index (κ3) is 3.38. The zero-order chi connectivity index (χ0) is 17.3. The van der Waals surface area contributed by atoms with Crippen molar-refractivity contribution in [2.45, 2.75) is 6.92 Å². The number of nitro groups is 1. The Balaban J connectivity index is 2.31. The minimum Gasteiger partial charge on any atom is -0.374 e. The van der Waals surface area contributed by atoms with Crippen LogP contribution in [0, 0.1) is 10.1 Å². The van der Waals surface area contributed by atoms with Crippen molar-refractivity contribution >= 4 is 69.2 Å². The van der Waals surface area contributed by atoms with Crippen LogP contribution in [0.25, 0.3) is 0 Å². The second-order valence-electron chi connectivity index (χ2n) is 4.25. The van der Waals surface area contributed by atoms with E-state index in [1.165, 1.54) is 6.92 Å². The fourth-order valence-electron chi connectivity index (χ4n) is 1.66. The molecule has 3 N–H and O–H groups in total. The van der Waals surface area contributed by atoms with Gasteiger partial charge in [-0.25, -0.2) is 0 Å². The minimum absolute atomic E-state index is 0.0280. The number of hydrazone groups is 2. The number of nitrogens with one attached hydrogen (secondary N) is 1. The summed E-state index contributed by atoms with van der Waals surface area (Å²) in [6, 6.07) is 2.21. The van der Waals surface area contributed by atoms with Gasteiger partial charge in [0.05, 0.1) is 26.4 Å². The standard InChI is InChI=1S/C11H8Cl2N6O3S/c1-4-8(10(20)18(17-4)11(14)23)15-16-9-6(12)2-5(19(21)22)3-7(9)13/h2-3,16H,1H3,(H2,14,23)/b15-8+. The molecule has 1 aromatic carbocycles. The lowest BCUT2D eigenvalue weighted by Crippen LogP contribution is -2.36. The van der Waals surface area contributed by atoms with Crippen molar-refractivity contribution in [2.75, 3.05) is 5.43 Å². The summed E-state index contributed by atoms with van der Waals surface area (Å²) in [5.41, 5.74) is 7.94. The molecule has 0 atom stereocenters. The van der Waals surface area contributed by atoms with Gasteiger partial charge in [-0.05, 0) is 19.1 Å². The van der Waals surface area contributed by atoms with Crippen LogP contribution in [0.3, 0.4) is 0 Å². The average Bonchev–Trinajstić information content (AvgIpc) is 2.73. The predicted molar refractivity (Wildman–Crippen MR) is 90.9 cm³/mol. The van der Waals surface area contributed by atoms with Crippen molar-refractivity contribution in [1.29, 1.82) is 0 Å². The number of thiocarbonyl (C=S) groups is 1. The van der Waals surface area contributed by atoms with Crippen LogP contribution >= 0.6 is 35.4 Å². The van der Waals surface area contributed by atoms with Gasteiger partial charge in [0.1, 0.15) is 0 Å². The predicted octanol–water partition coefficient (Wildman–Crippen LogP) is 2.13. The molecule has 0 saturated heterocycles. The van der Waals surface area contributed by atoms with Gasteiger partial charge in [0.2, 0.25) is 0 Å². The molecule has 1 aromatic rings. The van der Waals surface area contributed by atoms with Crippen molar-refractivity contribution < 1.29 is 9.72 Å². The van der Waals surface area contributed by atoms with Crippen LogP contribution in [0.5, 0.6) is 0 Å². The molecule has 0 fully saturated rings. The van der Waals surface area contributed by atoms with E-state index in [-0.39, 0.29) is 38.0 Å². The first-order valence-electron chi connectivity index (χ1n) is 5.89. The number of amides is 1. The van der Waals surface area contributed by atoms with E-state index in [0.717, 1.165) is 17.1 Å². The number of benzene rings is 1. The van der Waals surface area contributed by atoms with Gasteiger partial charge in [-0.1, -0.05) is 23.2 Å². The second-order valence-corrected chi connectivity index (χ2v) is 5.49. The quantitative estimate of drug-likeness (QED) is 0.474. The Bertz CT molecular complexity index is 771. The van der Waals surface area contributed by atoms with E-state index >= 15 is 0 Å². The first-order valence-corrected chi connectivity index (χ1v) is 7.05. The van der Waals surface area contributed by atoms with Gasteiger partial charge < -0.3 is 5.73 Å². The van der Waals surface area contributed by atoms with Gasteiger partial charge in [-0.3, -0.25) is 20.3 Å². The summed E-state index contributed by atoms with van der Waals surface area (Å²) in [4.78, 5) is 22.1. The first-order chi connectivity index (χ1) is 10.7. The number of nitrogens with zero attached hydrogens (tertiary/aromatic N) is 4. The molecule has 2 rings (SSSR count). The Morgan fingerprint density at radius 2 is 2.04 bits per heavy atom. The number of non-ortho nitro benzene ring substituents is 1. The van der Waals surface area contributed by atoms with Gasteiger partial charge in [-0.15, -0.1) is 0 Å². The van der Waals surface area contributed by atoms with Crippen LogP contribution in [0.1, 0.15) is 6.92 Å². The molecular weight excluding hydrogens is 367 g/mol. The maximum atomic E-state index is 12.0. The summed E-state index contributed by atoms with van der Waals surface area (Å²) < 4.78 is 0. The topological polar surface area (TPSA) is 126 Å². The Labute approximate surface area is 144 Å². The highest BCUT2D eigenvalue weighted by molar-refractivity contribution is 7.80. The molecule has 1 amide bonds. The molecule has 0 aromatic heterocycles. The van der Waals surface area contributed by atoms with Crippen LogP contribution in [-0.4, -0.2) is 32.4 Å². The lowest BCUT2D eigenvalue weighted by atomic mass is 10.2. The Morgan fingerprint density at radius 3 is 2.48 bits per heavy atom. The molecular formula is C11H8Cl2N6O3S. The third-order valence-corrected chi connectivity index (χ3v) is 3.48. The number of rotatable bonds is 3. The van der Waals surface area contributed by atoms with E-state index in [1.54, 1.807) is 0 Å². The second kappa shape index (κ2) is 6.44. The number of anilines is 1. The van der Waals surface area contributed by atoms with E-state index in [4.69, 9.17) is 41.2 Å². The highest BCUT2D eigenvalue weighted by Crippen LogP contribution is 2.34. The molecule has 0 unspecified atom stereocenters. The SMILES string of the molecule is CC1=NN(C(N)=S)C(=O)/C1=N/Nc1c(Cl)cc([N+](=O)[O-])cc1Cl. The zero-order valence-electron chi connectivity index (χ0n) is 11.4. The molecule has 12 heteroatoms. The van der Waals surface area contributed by atoms with Crippen LogP contribution in [0.15, 0.2) is 22.3 Å². The van der Waals surface area contributed by atoms with Gasteiger partial charge >= 0.3 is 5.91 Å². The third-order valence-electron chi connectivity index (χ3n) is 2.71. The molecule has 23 heavy (non-hydrogen) atoms. The molecule has 0 spiro atoms. The van der Waals surface area contributed by atoms with Crippen molar-refractivity contribution in [3.63, 3.8) is 0 Å². The van der Waals surface area contributed by atoms with E-state index < -0.39 is 10.8 Å². The largest absolute Gasteiger partial charge is 0.374 e. The van der Waals surface area contributed by atoms with Crippen molar-refractivity contribution in [1.82, 2.24) is 5.01 Å². The number of nitro benzene ring substituents is 1. The number of nitrogens with two attached hydrogens (primary N) is 1. The highest BCUT2D eigenvalue weighted by Gasteiger charge is 2.31. The van der Waals surface area contributed by atoms with Crippen LogP contribution in [-0.2, 0) is 4.79 Å². The molecule has 120 valence electrons. The lowest BCUT2D eigenvalue weighted by Gasteiger charge is -2.08. The van der Waals surface area contributed by atoms with E-state index in [1.807, 2.05) is 0 Å². The number of carbonyl (C=O) groups excluding carboxylic acids is 1. The first kappa shape index (κ1) is 17.1. The summed E-state index contributed by atoms with van der Waals surface area (Å²) in [6.07, 6.45) is 0. The van der Waals surface area contributed by atoms with Crippen molar-refractivity contribution in [3.8, 4) is 0 Å². The van der Waals surface area contributed by atoms with Gasteiger partial charge in [0.15, 0.2) is 10.8 Å². The zero-order valence-corrected chi connectivity index (χ0v) is 13.7. The Kier molecular flexibility index (Phi) is 4.78. The molecule has 0 saturated carbocycles. The normalized spacial score (nSPS) is 15.8. The van der Waals surface area contributed by atoms with Crippen LogP contribution < -0.4 is 11.2 Å². The Hall–Kier alpha value is -2.30. The van der Waals surface area contributed by atoms with Gasteiger partial charge in [0.25, 0.3) is 5.69 Å². The molecule has 1 aliphatic rings. The summed E-state index contributed by atoms with van der Waals surface area (Å²) >= 11 is 16.5. The Morgan fingerprint density at radius 1 is 1.48 bits per heavy atom.